The van der Waals surface area contributed by atoms with Gasteiger partial charge in [0.25, 0.3) is 0 Å². The molecule has 4 rings (SSSR count). The summed E-state index contributed by atoms with van der Waals surface area (Å²) < 4.78 is 6.71. The van der Waals surface area contributed by atoms with Crippen molar-refractivity contribution in [3.8, 4) is 0 Å². The molecule has 0 radical (unpaired) electrons. The topological polar surface area (TPSA) is 68.0 Å². The van der Waals surface area contributed by atoms with Gasteiger partial charge in [-0.05, 0) is 24.3 Å². The zero-order chi connectivity index (χ0) is 17.1. The van der Waals surface area contributed by atoms with Crippen LogP contribution >= 0.6 is 11.3 Å². The normalized spacial score (nSPS) is 11.5. The van der Waals surface area contributed by atoms with E-state index in [2.05, 4.69) is 21.4 Å². The Morgan fingerprint density at radius 3 is 2.72 bits per heavy atom. The number of benzene rings is 2. The lowest BCUT2D eigenvalue weighted by atomic mass is 10.3. The Morgan fingerprint density at radius 2 is 1.88 bits per heavy atom. The number of carbonyl (C=O) groups is 1. The van der Waals surface area contributed by atoms with Crippen molar-refractivity contribution in [2.24, 2.45) is 0 Å². The molecule has 0 aliphatic carbocycles. The molecule has 6 heteroatoms. The van der Waals surface area contributed by atoms with E-state index in [-0.39, 0.29) is 5.91 Å². The first kappa shape index (κ1) is 15.5. The molecule has 0 atom stereocenters. The van der Waals surface area contributed by atoms with E-state index in [0.717, 1.165) is 16.0 Å². The van der Waals surface area contributed by atoms with Gasteiger partial charge in [-0.1, -0.05) is 24.3 Å². The van der Waals surface area contributed by atoms with Crippen LogP contribution in [0.2, 0.25) is 0 Å². The van der Waals surface area contributed by atoms with Gasteiger partial charge in [-0.3, -0.25) is 4.79 Å². The number of aromatic nitrogens is 2. The lowest BCUT2D eigenvalue weighted by Gasteiger charge is -1.98. The van der Waals surface area contributed by atoms with Gasteiger partial charge in [-0.25, -0.2) is 9.97 Å². The van der Waals surface area contributed by atoms with Crippen LogP contribution in [0, 0.1) is 0 Å². The van der Waals surface area contributed by atoms with Crippen molar-refractivity contribution < 1.29 is 9.21 Å². The van der Waals surface area contributed by atoms with Crippen molar-refractivity contribution >= 4 is 44.6 Å². The van der Waals surface area contributed by atoms with Gasteiger partial charge in [0.15, 0.2) is 5.58 Å². The molecule has 0 saturated heterocycles. The van der Waals surface area contributed by atoms with Crippen LogP contribution in [0.3, 0.4) is 0 Å². The molecule has 0 aliphatic heterocycles. The number of oxazole rings is 1. The lowest BCUT2D eigenvalue weighted by Crippen LogP contribution is -2.23. The van der Waals surface area contributed by atoms with Gasteiger partial charge in [-0.2, -0.15) is 0 Å². The third-order valence-corrected chi connectivity index (χ3v) is 4.76. The van der Waals surface area contributed by atoms with Crippen molar-refractivity contribution in [2.45, 2.75) is 6.42 Å². The first-order valence-corrected chi connectivity index (χ1v) is 8.75. The van der Waals surface area contributed by atoms with Crippen LogP contribution in [0.25, 0.3) is 27.4 Å². The molecule has 25 heavy (non-hydrogen) atoms. The number of hydrogen-bond acceptors (Lipinski definition) is 5. The van der Waals surface area contributed by atoms with E-state index in [1.165, 1.54) is 10.8 Å². The summed E-state index contributed by atoms with van der Waals surface area (Å²) in [5, 5.41) is 3.87. The minimum atomic E-state index is -0.177. The second-order valence-corrected chi connectivity index (χ2v) is 6.58. The number of rotatable bonds is 5. The van der Waals surface area contributed by atoms with Crippen molar-refractivity contribution in [1.82, 2.24) is 15.3 Å². The van der Waals surface area contributed by atoms with Gasteiger partial charge in [0, 0.05) is 25.1 Å². The maximum Gasteiger partial charge on any atom is 0.244 e. The Labute approximate surface area is 148 Å². The van der Waals surface area contributed by atoms with Crippen LogP contribution < -0.4 is 5.32 Å². The highest BCUT2D eigenvalue weighted by Crippen LogP contribution is 2.21. The van der Waals surface area contributed by atoms with E-state index in [1.807, 2.05) is 42.5 Å². The Morgan fingerprint density at radius 1 is 1.08 bits per heavy atom. The fourth-order valence-electron chi connectivity index (χ4n) is 2.49. The monoisotopic (exact) mass is 349 g/mol. The number of fused-ring (bicyclic) bond motifs is 2. The fourth-order valence-corrected chi connectivity index (χ4v) is 3.45. The van der Waals surface area contributed by atoms with Gasteiger partial charge in [-0.15, -0.1) is 11.3 Å². The minimum Gasteiger partial charge on any atom is -0.437 e. The molecular formula is C19H15N3O2S. The van der Waals surface area contributed by atoms with Gasteiger partial charge in [0.05, 0.1) is 15.2 Å². The molecule has 0 bridgehead atoms. The maximum absolute atomic E-state index is 11.9. The van der Waals surface area contributed by atoms with Gasteiger partial charge in [0.1, 0.15) is 5.52 Å². The zero-order valence-electron chi connectivity index (χ0n) is 13.3. The van der Waals surface area contributed by atoms with E-state index in [9.17, 15) is 4.79 Å². The van der Waals surface area contributed by atoms with Crippen LogP contribution in [0.4, 0.5) is 0 Å². The average Bonchev–Trinajstić information content (AvgIpc) is 3.23. The lowest BCUT2D eigenvalue weighted by molar-refractivity contribution is -0.116. The molecule has 5 nitrogen and oxygen atoms in total. The number of para-hydroxylation sites is 3. The molecule has 2 aromatic heterocycles. The summed E-state index contributed by atoms with van der Waals surface area (Å²) in [6.45, 7) is 0.538. The Kier molecular flexibility index (Phi) is 4.26. The molecule has 1 amide bonds. The predicted octanol–water partition coefficient (Wildman–Crippen LogP) is 3.81. The minimum absolute atomic E-state index is 0.177. The number of thiazole rings is 1. The molecule has 0 unspecified atom stereocenters. The summed E-state index contributed by atoms with van der Waals surface area (Å²) in [7, 11) is 0. The second kappa shape index (κ2) is 6.86. The Hall–Kier alpha value is -2.99. The smallest absolute Gasteiger partial charge is 0.244 e. The van der Waals surface area contributed by atoms with E-state index in [1.54, 1.807) is 17.4 Å². The highest BCUT2D eigenvalue weighted by Gasteiger charge is 2.05. The summed E-state index contributed by atoms with van der Waals surface area (Å²) in [5.74, 6) is 0.242. The number of nitrogens with one attached hydrogen (secondary N) is 1. The summed E-state index contributed by atoms with van der Waals surface area (Å²) >= 11 is 1.66. The molecule has 4 aromatic rings. The van der Waals surface area contributed by atoms with E-state index in [4.69, 9.17) is 4.42 Å². The third-order valence-electron chi connectivity index (χ3n) is 3.66. The largest absolute Gasteiger partial charge is 0.437 e. The average molecular weight is 349 g/mol. The summed E-state index contributed by atoms with van der Waals surface area (Å²) in [6.07, 6.45) is 3.72. The number of carbonyl (C=O) groups excluding carboxylic acids is 1. The summed E-state index contributed by atoms with van der Waals surface area (Å²) in [6, 6.07) is 15.5. The number of hydrogen-bond donors (Lipinski definition) is 1. The molecule has 1 N–H and O–H groups in total. The first-order valence-electron chi connectivity index (χ1n) is 7.94. The first-order chi connectivity index (χ1) is 12.3. The summed E-state index contributed by atoms with van der Waals surface area (Å²) in [4.78, 5) is 20.8. The Bertz CT molecular complexity index is 999. The standard InChI is InChI=1S/C19H15N3O2S/c23-17(9-10-18-21-13-5-1-3-7-15(13)24-18)20-12-11-19-22-14-6-2-4-8-16(14)25-19/h1-10H,11-12H2,(H,20,23)/b10-9+. The van der Waals surface area contributed by atoms with E-state index >= 15 is 0 Å². The van der Waals surface area contributed by atoms with Crippen molar-refractivity contribution in [2.75, 3.05) is 6.54 Å². The van der Waals surface area contributed by atoms with Gasteiger partial charge in [0.2, 0.25) is 11.8 Å². The van der Waals surface area contributed by atoms with Crippen LogP contribution in [0.5, 0.6) is 0 Å². The van der Waals surface area contributed by atoms with Crippen molar-refractivity contribution in [3.05, 3.63) is 65.5 Å². The number of amides is 1. The Balaban J connectivity index is 1.32. The van der Waals surface area contributed by atoms with Crippen molar-refractivity contribution in [3.63, 3.8) is 0 Å². The third kappa shape index (κ3) is 3.59. The van der Waals surface area contributed by atoms with Gasteiger partial charge >= 0.3 is 0 Å². The molecule has 2 aromatic carbocycles. The molecule has 0 saturated carbocycles. The van der Waals surface area contributed by atoms with Crippen LogP contribution in [0.15, 0.2) is 59.0 Å². The molecule has 2 heterocycles. The van der Waals surface area contributed by atoms with E-state index in [0.29, 0.717) is 24.4 Å². The van der Waals surface area contributed by atoms with E-state index < -0.39 is 0 Å². The molecule has 0 fully saturated rings. The van der Waals surface area contributed by atoms with Crippen LogP contribution in [-0.4, -0.2) is 22.4 Å². The zero-order valence-corrected chi connectivity index (χ0v) is 14.1. The highest BCUT2D eigenvalue weighted by molar-refractivity contribution is 7.18. The fraction of sp³-hybridized carbons (Fsp3) is 0.105. The van der Waals surface area contributed by atoms with Crippen molar-refractivity contribution in [1.29, 1.82) is 0 Å². The van der Waals surface area contributed by atoms with Crippen LogP contribution in [0.1, 0.15) is 10.9 Å². The predicted molar refractivity (Wildman–Crippen MR) is 99.4 cm³/mol. The molecule has 124 valence electrons. The molecule has 0 spiro atoms. The molecule has 0 aliphatic rings. The quantitative estimate of drug-likeness (QED) is 0.556. The van der Waals surface area contributed by atoms with Gasteiger partial charge < -0.3 is 9.73 Å². The molecular weight excluding hydrogens is 334 g/mol. The maximum atomic E-state index is 11.9. The second-order valence-electron chi connectivity index (χ2n) is 5.47. The van der Waals surface area contributed by atoms with Crippen LogP contribution in [-0.2, 0) is 11.2 Å². The SMILES string of the molecule is O=C(/C=C/c1nc2ccccc2o1)NCCc1nc2ccccc2s1. The number of nitrogens with zero attached hydrogens (tertiary/aromatic N) is 2. The highest BCUT2D eigenvalue weighted by atomic mass is 32.1. The summed E-state index contributed by atoms with van der Waals surface area (Å²) in [5.41, 5.74) is 2.49.